The number of carbonyl (C=O) groups excluding carboxylic acids is 15. The van der Waals surface area contributed by atoms with Gasteiger partial charge in [-0.25, -0.2) is 4.98 Å². The van der Waals surface area contributed by atoms with Crippen LogP contribution in [0.1, 0.15) is 183 Å². The second-order valence-electron chi connectivity index (χ2n) is 29.7. The van der Waals surface area contributed by atoms with Crippen LogP contribution in [0.15, 0.2) is 42.9 Å². The number of nitrogens with one attached hydrogen (secondary N) is 14. The molecule has 113 heavy (non-hydrogen) atoms. The lowest BCUT2D eigenvalue weighted by molar-refractivity contribution is -0.137. The maximum Gasteiger partial charge on any atom is 0.245 e. The predicted molar refractivity (Wildman–Crippen MR) is 422 cm³/mol. The lowest BCUT2D eigenvalue weighted by Gasteiger charge is -2.30. The number of nitrogens with zero attached hydrogens (tertiary/aromatic N) is 1. The van der Waals surface area contributed by atoms with E-state index in [1.165, 1.54) is 19.4 Å². The van der Waals surface area contributed by atoms with Gasteiger partial charge in [0.25, 0.3) is 0 Å². The highest BCUT2D eigenvalue weighted by Crippen LogP contribution is 2.16. The van der Waals surface area contributed by atoms with Crippen LogP contribution in [0.25, 0.3) is 0 Å². The topological polar surface area (TPSA) is 643 Å². The Labute approximate surface area is 662 Å². The first kappa shape index (κ1) is 99.3. The molecule has 1 aromatic heterocycles. The SMILES string of the molecule is CC[C@H](C)[C@H](NC(=O)[C@H](CC(C)C)NC(=O)[C@H](C)NC(=O)CNC(=O)[C@@H](NC(=O)[C@H](CCCCN)NC(=O)[C@H](CO)NC(=O)[C@@H](N)CCCCN)C(C)C)C(=O)N[C@@H](CCC(N)=O)C(=O)N[C@@H](CC(C)C)C(=O)N[C@@H](Cc1ccccc1)C(=O)N[C@@H](Cc1cnc[nH]1)C(=O)N[C@@H](CCCCN)C(=O)N[C@@H](CCCCN)C(N)=O. The summed E-state index contributed by atoms with van der Waals surface area (Å²) in [7, 11) is 0. The van der Waals surface area contributed by atoms with E-state index in [0.717, 1.165) is 0 Å². The van der Waals surface area contributed by atoms with Crippen molar-refractivity contribution in [1.82, 2.24) is 79.1 Å². The van der Waals surface area contributed by atoms with Gasteiger partial charge in [0.05, 0.1) is 25.5 Å². The van der Waals surface area contributed by atoms with E-state index in [1.807, 2.05) is 0 Å². The summed E-state index contributed by atoms with van der Waals surface area (Å²) in [5, 5.41) is 44.1. The summed E-state index contributed by atoms with van der Waals surface area (Å²) in [4.78, 5) is 214. The minimum absolute atomic E-state index is 0.0125. The van der Waals surface area contributed by atoms with Gasteiger partial charge in [0.2, 0.25) is 88.6 Å². The van der Waals surface area contributed by atoms with Gasteiger partial charge >= 0.3 is 0 Å². The summed E-state index contributed by atoms with van der Waals surface area (Å²) in [6, 6.07) is -8.71. The first-order chi connectivity index (χ1) is 53.5. The molecule has 0 bridgehead atoms. The van der Waals surface area contributed by atoms with Gasteiger partial charge in [-0.15, -0.1) is 0 Å². The van der Waals surface area contributed by atoms with E-state index in [9.17, 15) is 77.0 Å². The molecule has 0 saturated carbocycles. The Kier molecular flexibility index (Phi) is 47.5. The number of aromatic amines is 1. The van der Waals surface area contributed by atoms with Crippen molar-refractivity contribution in [3.05, 3.63) is 54.1 Å². The molecule has 0 saturated heterocycles. The molecular weight excluding hydrogens is 1460 g/mol. The fourth-order valence-corrected chi connectivity index (χ4v) is 11.8. The van der Waals surface area contributed by atoms with Crippen LogP contribution in [-0.4, -0.2) is 222 Å². The number of aliphatic hydroxyl groups is 1. The summed E-state index contributed by atoms with van der Waals surface area (Å²) in [6.45, 7) is 14.7. The molecule has 0 spiro atoms. The highest BCUT2D eigenvalue weighted by atomic mass is 16.3. The first-order valence-corrected chi connectivity index (χ1v) is 39.2. The van der Waals surface area contributed by atoms with Crippen molar-refractivity contribution >= 4 is 88.6 Å². The number of H-pyrrole nitrogens is 1. The number of aliphatic hydroxyl groups excluding tert-OH is 1. The number of unbranched alkanes of at least 4 members (excludes halogenated alkanes) is 4. The van der Waals surface area contributed by atoms with Crippen molar-refractivity contribution in [3.8, 4) is 0 Å². The molecule has 15 amide bonds. The number of rotatable bonds is 58. The molecule has 14 atom stereocenters. The smallest absolute Gasteiger partial charge is 0.245 e. The monoisotopic (exact) mass is 1600 g/mol. The second-order valence-corrected chi connectivity index (χ2v) is 29.7. The van der Waals surface area contributed by atoms with Crippen LogP contribution in [0.2, 0.25) is 0 Å². The van der Waals surface area contributed by atoms with Gasteiger partial charge in [-0.3, -0.25) is 71.9 Å². The van der Waals surface area contributed by atoms with Crippen molar-refractivity contribution in [1.29, 1.82) is 0 Å². The Morgan fingerprint density at radius 3 is 1.31 bits per heavy atom. The quantitative estimate of drug-likeness (QED) is 0.0278. The lowest BCUT2D eigenvalue weighted by Crippen LogP contribution is -2.61. The Balaban J connectivity index is 2.41. The lowest BCUT2D eigenvalue weighted by atomic mass is 9.96. The number of amides is 15. The predicted octanol–water partition coefficient (Wildman–Crippen LogP) is -4.47. The van der Waals surface area contributed by atoms with Crippen LogP contribution in [0, 0.1) is 23.7 Å². The van der Waals surface area contributed by atoms with Crippen LogP contribution in [0.4, 0.5) is 0 Å². The van der Waals surface area contributed by atoms with Crippen LogP contribution in [-0.2, 0) is 84.8 Å². The summed E-state index contributed by atoms with van der Waals surface area (Å²) in [6.07, 6.45) is 6.36. The Hall–Kier alpha value is -9.76. The number of hydrogen-bond acceptors (Lipinski definition) is 22. The zero-order valence-electron chi connectivity index (χ0n) is 67.1. The normalized spacial score (nSPS) is 15.0. The van der Waals surface area contributed by atoms with Crippen LogP contribution in [0.5, 0.6) is 0 Å². The number of nitrogens with two attached hydrogens (primary N) is 7. The molecule has 0 aliphatic heterocycles. The molecule has 0 radical (unpaired) electrons. The summed E-state index contributed by atoms with van der Waals surface area (Å²) >= 11 is 0. The number of aromatic nitrogens is 2. The third-order valence-corrected chi connectivity index (χ3v) is 18.6. The highest BCUT2D eigenvalue weighted by molar-refractivity contribution is 6.00. The maximum atomic E-state index is 14.8. The average Bonchev–Trinajstić information content (AvgIpc) is 1.49. The molecule has 2 rings (SSSR count). The number of benzene rings is 1. The van der Waals surface area contributed by atoms with Crippen LogP contribution in [0.3, 0.4) is 0 Å². The molecule has 29 N–H and O–H groups in total. The van der Waals surface area contributed by atoms with Gasteiger partial charge < -0.3 is 119 Å². The molecule has 636 valence electrons. The molecule has 38 heteroatoms. The van der Waals surface area contributed by atoms with Gasteiger partial charge in [-0.2, -0.15) is 0 Å². The first-order valence-electron chi connectivity index (χ1n) is 39.2. The molecule has 38 nitrogen and oxygen atoms in total. The molecule has 0 aliphatic rings. The molecule has 1 aromatic carbocycles. The molecule has 0 aliphatic carbocycles. The summed E-state index contributed by atoms with van der Waals surface area (Å²) in [5.74, 6) is -14.3. The molecule has 1 heterocycles. The molecule has 0 unspecified atom stereocenters. The zero-order valence-corrected chi connectivity index (χ0v) is 67.1. The van der Waals surface area contributed by atoms with Gasteiger partial charge in [0.1, 0.15) is 72.5 Å². The number of carbonyl (C=O) groups is 15. The summed E-state index contributed by atoms with van der Waals surface area (Å²) in [5.41, 5.74) is 40.9. The van der Waals surface area contributed by atoms with Gasteiger partial charge in [0.15, 0.2) is 0 Å². The van der Waals surface area contributed by atoms with Crippen molar-refractivity contribution in [3.63, 3.8) is 0 Å². The van der Waals surface area contributed by atoms with Gasteiger partial charge in [-0.1, -0.05) is 98.6 Å². The number of hydrogen-bond donors (Lipinski definition) is 22. The third-order valence-electron chi connectivity index (χ3n) is 18.6. The molecule has 2 aromatic rings. The largest absolute Gasteiger partial charge is 0.394 e. The van der Waals surface area contributed by atoms with Crippen molar-refractivity contribution < 1.29 is 77.0 Å². The van der Waals surface area contributed by atoms with E-state index in [2.05, 4.69) is 79.1 Å². The van der Waals surface area contributed by atoms with Crippen LogP contribution >= 0.6 is 0 Å². The van der Waals surface area contributed by atoms with E-state index >= 15 is 0 Å². The fourth-order valence-electron chi connectivity index (χ4n) is 11.8. The fraction of sp³-hybridized carbons (Fsp3) is 0.680. The number of primary amides is 2. The minimum atomic E-state index is -1.58. The standard InChI is InChI=1S/C75H130N22O16/c1-10-45(8)62(97-72(110)55(35-43(4)5)91-64(102)46(9)86-60(100)39-84-74(112)61(44(6)7)96-68(106)52(27-17-21-33-79)89-73(111)58(40-98)95-65(103)49(80)24-14-18-30-76)75(113)90-53(28-29-59(81)99)67(105)92-54(34-42(2)3)69(107)93-56(36-47-22-12-11-13-23-47)70(108)94-57(37-48-38-83-41-85-48)71(109)88-51(26-16-20-32-78)66(104)87-50(63(82)101)25-15-19-31-77/h11-13,22-23,38,41-46,49-58,61-62,98H,10,14-21,24-37,39-40,76-80H2,1-9H3,(H2,81,99)(H2,82,101)(H,83,85)(H,84,112)(H,86,100)(H,87,104)(H,88,109)(H,89,111)(H,90,113)(H,91,102)(H,92,105)(H,93,107)(H,94,108)(H,95,103)(H,96,106)(H,97,110)/t45-,46-,49-,50-,51-,52-,53-,54-,55-,56-,57-,58-,61-,62-/m0/s1. The minimum Gasteiger partial charge on any atom is -0.394 e. The Morgan fingerprint density at radius 2 is 0.841 bits per heavy atom. The summed E-state index contributed by atoms with van der Waals surface area (Å²) < 4.78 is 0. The van der Waals surface area contributed by atoms with Gasteiger partial charge in [-0.05, 0) is 152 Å². The highest BCUT2D eigenvalue weighted by Gasteiger charge is 2.38. The third kappa shape index (κ3) is 38.6. The zero-order chi connectivity index (χ0) is 84.9. The van der Waals surface area contributed by atoms with E-state index in [0.29, 0.717) is 75.7 Å². The van der Waals surface area contributed by atoms with E-state index in [4.69, 9.17) is 40.1 Å². The average molecular weight is 1600 g/mol. The second kappa shape index (κ2) is 54.1. The van der Waals surface area contributed by atoms with Crippen molar-refractivity contribution in [2.45, 2.75) is 263 Å². The molecular formula is C75H130N22O16. The maximum absolute atomic E-state index is 14.8. The van der Waals surface area contributed by atoms with E-state index < -0.39 is 205 Å². The Bertz CT molecular complexity index is 3330. The Morgan fingerprint density at radius 1 is 0.434 bits per heavy atom. The molecule has 0 fully saturated rings. The van der Waals surface area contributed by atoms with E-state index in [-0.39, 0.29) is 82.7 Å². The van der Waals surface area contributed by atoms with E-state index in [1.54, 1.807) is 85.7 Å². The van der Waals surface area contributed by atoms with Crippen molar-refractivity contribution in [2.24, 2.45) is 63.8 Å². The van der Waals surface area contributed by atoms with Crippen LogP contribution < -0.4 is 109 Å². The van der Waals surface area contributed by atoms with Gasteiger partial charge in [0, 0.05) is 31.2 Å². The number of imidazole rings is 1. The van der Waals surface area contributed by atoms with Crippen molar-refractivity contribution in [2.75, 3.05) is 39.3 Å².